The fraction of sp³-hybridized carbons (Fsp3) is 0.750. The highest BCUT2D eigenvalue weighted by atomic mass is 16.7. The Bertz CT molecular complexity index is 1540. The second-order valence-corrected chi connectivity index (χ2v) is 17.4. The second-order valence-electron chi connectivity index (χ2n) is 17.4. The molecule has 0 bridgehead atoms. The molecule has 1 aromatic rings. The molecule has 4 rings (SSSR count). The maximum Gasteiger partial charge on any atom is 0.272 e. The van der Waals surface area contributed by atoms with E-state index in [1.807, 2.05) is 71.9 Å². The van der Waals surface area contributed by atoms with Crippen molar-refractivity contribution in [1.29, 1.82) is 0 Å². The molecule has 3 N–H and O–H groups in total. The Kier molecular flexibility index (Phi) is 17.1. The summed E-state index contributed by atoms with van der Waals surface area (Å²) in [4.78, 5) is 79.3. The van der Waals surface area contributed by atoms with Gasteiger partial charge in [-0.1, -0.05) is 85.2 Å². The number of ether oxygens (including phenoxy) is 2. The number of likely N-dealkylation sites (N-methyl/N-ethyl adjacent to an activating group) is 2. The minimum atomic E-state index is -1.13. The number of hydrogen-bond donors (Lipinski definition) is 3. The van der Waals surface area contributed by atoms with Gasteiger partial charge >= 0.3 is 0 Å². The van der Waals surface area contributed by atoms with Crippen LogP contribution in [0.25, 0.3) is 0 Å². The summed E-state index contributed by atoms with van der Waals surface area (Å²) >= 11 is 0. The number of methoxy groups -OCH3 is 2. The van der Waals surface area contributed by atoms with Crippen LogP contribution in [0.1, 0.15) is 105 Å². The summed E-state index contributed by atoms with van der Waals surface area (Å²) < 4.78 is 12.1. The molecule has 2 saturated heterocycles. The van der Waals surface area contributed by atoms with Gasteiger partial charge in [0.25, 0.3) is 5.91 Å². The van der Waals surface area contributed by atoms with E-state index < -0.39 is 41.8 Å². The second kappa shape index (κ2) is 21.1. The Hall–Kier alpha value is -3.59. The molecule has 14 heteroatoms. The molecule has 0 aromatic heterocycles. The summed E-state index contributed by atoms with van der Waals surface area (Å²) in [5.74, 6) is -2.27. The molecule has 1 saturated carbocycles. The summed E-state index contributed by atoms with van der Waals surface area (Å²) in [6.07, 6.45) is 3.01. The maximum absolute atomic E-state index is 14.4. The Balaban J connectivity index is 1.51. The molecule has 0 unspecified atom stereocenters. The van der Waals surface area contributed by atoms with Crippen LogP contribution >= 0.6 is 0 Å². The topological polar surface area (TPSA) is 159 Å². The molecule has 3 fully saturated rings. The number of carbonyl (C=O) groups excluding carboxylic acids is 5. The molecule has 2 aliphatic heterocycles. The number of carbonyl (C=O) groups is 5. The van der Waals surface area contributed by atoms with E-state index in [1.165, 1.54) is 5.06 Å². The fourth-order valence-electron chi connectivity index (χ4n) is 9.14. The average Bonchev–Trinajstić information content (AvgIpc) is 3.74. The quantitative estimate of drug-likeness (QED) is 0.178. The van der Waals surface area contributed by atoms with Crippen LogP contribution in [0.2, 0.25) is 0 Å². The first-order valence-electron chi connectivity index (χ1n) is 21.5. The number of hydroxylamine groups is 2. The predicted octanol–water partition coefficient (Wildman–Crippen LogP) is 3.89. The lowest BCUT2D eigenvalue weighted by Crippen LogP contribution is -2.59. The zero-order chi connectivity index (χ0) is 42.9. The maximum atomic E-state index is 14.4. The van der Waals surface area contributed by atoms with Crippen LogP contribution < -0.4 is 16.0 Å². The number of rotatable bonds is 20. The van der Waals surface area contributed by atoms with Crippen LogP contribution in [0, 0.1) is 23.7 Å². The molecule has 14 nitrogen and oxygen atoms in total. The number of amides is 5. The first kappa shape index (κ1) is 47.1. The van der Waals surface area contributed by atoms with Gasteiger partial charge in [-0.15, -0.1) is 0 Å². The zero-order valence-electron chi connectivity index (χ0n) is 36.9. The summed E-state index contributed by atoms with van der Waals surface area (Å²) in [5, 5.41) is 10.6. The number of benzene rings is 1. The summed E-state index contributed by atoms with van der Waals surface area (Å²) in [6.45, 7) is 15.0. The summed E-state index contributed by atoms with van der Waals surface area (Å²) in [7, 11) is 6.58. The minimum absolute atomic E-state index is 0.0106. The molecular weight excluding hydrogens is 741 g/mol. The Morgan fingerprint density at radius 2 is 1.59 bits per heavy atom. The standard InChI is InChI=1S/C44H72N6O8/c1-12-29(6)38(48(9)42(54)37(28(4)5)46-41(53)36(45-8)27(2)3)34(56-10)25-35(51)49-22-18-21-33(49)39(57-11)30(7)40(52)47-44(43(55)50-23-16-17-24-58-50)26-32(44)31-19-14-13-15-20-31/h13-15,19-20,27-30,32-34,36-39,45H,12,16-18,21-26H2,1-11H3,(H,46,53)(H,47,52)/t29-,30-,32+,33-,34+,36-,37-,38-,39+,44-/m0/s1. The highest BCUT2D eigenvalue weighted by Gasteiger charge is 2.64. The number of hydrogen-bond acceptors (Lipinski definition) is 9. The molecular formula is C44H72N6O8. The van der Waals surface area contributed by atoms with Crippen molar-refractivity contribution in [1.82, 2.24) is 30.8 Å². The van der Waals surface area contributed by atoms with Crippen molar-refractivity contribution in [3.63, 3.8) is 0 Å². The van der Waals surface area contributed by atoms with Gasteiger partial charge in [-0.05, 0) is 62.5 Å². The number of nitrogens with one attached hydrogen (secondary N) is 3. The summed E-state index contributed by atoms with van der Waals surface area (Å²) in [5.41, 5.74) is -0.154. The third-order valence-electron chi connectivity index (χ3n) is 12.9. The van der Waals surface area contributed by atoms with Gasteiger partial charge in [0.1, 0.15) is 11.6 Å². The lowest BCUT2D eigenvalue weighted by atomic mass is 9.89. The first-order valence-corrected chi connectivity index (χ1v) is 21.5. The van der Waals surface area contributed by atoms with E-state index >= 15 is 0 Å². The van der Waals surface area contributed by atoms with Crippen molar-refractivity contribution >= 4 is 29.5 Å². The third kappa shape index (κ3) is 10.6. The molecule has 2 heterocycles. The molecule has 0 spiro atoms. The molecule has 58 heavy (non-hydrogen) atoms. The van der Waals surface area contributed by atoms with Crippen LogP contribution in [0.3, 0.4) is 0 Å². The Morgan fingerprint density at radius 1 is 0.914 bits per heavy atom. The highest BCUT2D eigenvalue weighted by molar-refractivity contribution is 5.96. The van der Waals surface area contributed by atoms with E-state index in [4.69, 9.17) is 14.3 Å². The third-order valence-corrected chi connectivity index (χ3v) is 12.9. The number of likely N-dealkylation sites (tertiary alicyclic amines) is 1. The van der Waals surface area contributed by atoms with E-state index in [9.17, 15) is 24.0 Å². The molecule has 10 atom stereocenters. The lowest BCUT2D eigenvalue weighted by Gasteiger charge is -2.41. The fourth-order valence-corrected chi connectivity index (χ4v) is 9.14. The van der Waals surface area contributed by atoms with Crippen molar-refractivity contribution in [3.05, 3.63) is 35.9 Å². The van der Waals surface area contributed by atoms with E-state index in [-0.39, 0.29) is 65.7 Å². The minimum Gasteiger partial charge on any atom is -0.379 e. The van der Waals surface area contributed by atoms with Gasteiger partial charge in [-0.3, -0.25) is 28.8 Å². The highest BCUT2D eigenvalue weighted by Crippen LogP contribution is 2.53. The van der Waals surface area contributed by atoms with Gasteiger partial charge in [0.2, 0.25) is 23.6 Å². The lowest BCUT2D eigenvalue weighted by molar-refractivity contribution is -0.200. The molecule has 3 aliphatic rings. The monoisotopic (exact) mass is 813 g/mol. The first-order chi connectivity index (χ1) is 27.6. The van der Waals surface area contributed by atoms with Crippen LogP contribution in [0.5, 0.6) is 0 Å². The smallest absolute Gasteiger partial charge is 0.272 e. The van der Waals surface area contributed by atoms with Gasteiger partial charge in [-0.2, -0.15) is 0 Å². The van der Waals surface area contributed by atoms with Crippen LogP contribution in [-0.2, 0) is 38.3 Å². The zero-order valence-corrected chi connectivity index (χ0v) is 36.9. The number of nitrogens with zero attached hydrogens (tertiary/aromatic N) is 3. The van der Waals surface area contributed by atoms with Gasteiger partial charge in [0.15, 0.2) is 0 Å². The van der Waals surface area contributed by atoms with Crippen LogP contribution in [-0.4, -0.2) is 134 Å². The van der Waals surface area contributed by atoms with Crippen molar-refractivity contribution in [2.45, 2.75) is 141 Å². The average molecular weight is 813 g/mol. The molecule has 1 aliphatic carbocycles. The molecule has 0 radical (unpaired) electrons. The Labute approximate surface area is 346 Å². The van der Waals surface area contributed by atoms with Crippen molar-refractivity contribution in [2.24, 2.45) is 23.7 Å². The molecule has 326 valence electrons. The van der Waals surface area contributed by atoms with Gasteiger partial charge in [0, 0.05) is 40.3 Å². The largest absolute Gasteiger partial charge is 0.379 e. The van der Waals surface area contributed by atoms with Gasteiger partial charge < -0.3 is 35.2 Å². The SMILES string of the molecule is CC[C@H](C)[C@@H]([C@@H](CC(=O)N1CCC[C@H]1[C@H](OC)[C@H](C)C(=O)N[C@@]1(C(=O)N2CCCCO2)C[C@@H]1c1ccccc1)OC)N(C)C(=O)[C@@H](NC(=O)[C@@H](NC)C(C)C)C(C)C. The van der Waals surface area contributed by atoms with E-state index in [2.05, 4.69) is 16.0 Å². The van der Waals surface area contributed by atoms with E-state index in [0.29, 0.717) is 32.5 Å². The van der Waals surface area contributed by atoms with Crippen LogP contribution in [0.15, 0.2) is 30.3 Å². The van der Waals surface area contributed by atoms with Crippen LogP contribution in [0.4, 0.5) is 0 Å². The van der Waals surface area contributed by atoms with Crippen molar-refractivity contribution in [3.8, 4) is 0 Å². The normalized spacial score (nSPS) is 24.4. The van der Waals surface area contributed by atoms with E-state index in [0.717, 1.165) is 31.2 Å². The van der Waals surface area contributed by atoms with E-state index in [1.54, 1.807) is 45.0 Å². The van der Waals surface area contributed by atoms with Crippen molar-refractivity contribution in [2.75, 3.05) is 48.0 Å². The molecule has 1 aromatic carbocycles. The predicted molar refractivity (Wildman–Crippen MR) is 222 cm³/mol. The molecule has 5 amide bonds. The summed E-state index contributed by atoms with van der Waals surface area (Å²) in [6, 6.07) is 7.67. The van der Waals surface area contributed by atoms with Gasteiger partial charge in [-0.25, -0.2) is 5.06 Å². The Morgan fingerprint density at radius 3 is 2.14 bits per heavy atom. The van der Waals surface area contributed by atoms with Crippen molar-refractivity contribution < 1.29 is 38.3 Å². The van der Waals surface area contributed by atoms with Gasteiger partial charge in [0.05, 0.1) is 49.3 Å².